The summed E-state index contributed by atoms with van der Waals surface area (Å²) >= 11 is 0. The Morgan fingerprint density at radius 1 is 1.09 bits per heavy atom. The second-order valence-corrected chi connectivity index (χ2v) is 6.08. The monoisotopic (exact) mass is 297 g/mol. The van der Waals surface area contributed by atoms with Crippen LogP contribution < -0.4 is 10.5 Å². The van der Waals surface area contributed by atoms with Gasteiger partial charge < -0.3 is 10.5 Å². The minimum Gasteiger partial charge on any atom is -0.483 e. The summed E-state index contributed by atoms with van der Waals surface area (Å²) in [6.07, 6.45) is 0.865. The smallest absolute Gasteiger partial charge is 0.130 e. The van der Waals surface area contributed by atoms with Crippen molar-refractivity contribution in [3.63, 3.8) is 0 Å². The molecule has 0 radical (unpaired) electrons. The third kappa shape index (κ3) is 2.37. The van der Waals surface area contributed by atoms with Gasteiger partial charge in [-0.25, -0.2) is 4.39 Å². The summed E-state index contributed by atoms with van der Waals surface area (Å²) < 4.78 is 19.4. The Morgan fingerprint density at radius 2 is 1.77 bits per heavy atom. The number of halogens is 1. The van der Waals surface area contributed by atoms with E-state index in [1.54, 1.807) is 0 Å². The van der Waals surface area contributed by atoms with Crippen molar-refractivity contribution in [1.29, 1.82) is 0 Å². The van der Waals surface area contributed by atoms with E-state index in [0.29, 0.717) is 5.69 Å². The zero-order valence-corrected chi connectivity index (χ0v) is 13.1. The minimum absolute atomic E-state index is 0.230. The number of hydrogen-bond acceptors (Lipinski definition) is 2. The number of hydrogen-bond donors (Lipinski definition) is 1. The predicted octanol–water partition coefficient (Wildman–Crippen LogP) is 4.79. The molecule has 2 N–H and O–H groups in total. The highest BCUT2D eigenvalue weighted by atomic mass is 19.1. The molecule has 2 aromatic rings. The van der Waals surface area contributed by atoms with Gasteiger partial charge in [-0.15, -0.1) is 0 Å². The van der Waals surface area contributed by atoms with Crippen LogP contribution in [0.2, 0.25) is 0 Å². The van der Waals surface area contributed by atoms with Crippen molar-refractivity contribution in [3.05, 3.63) is 65.0 Å². The van der Waals surface area contributed by atoms with Gasteiger partial charge in [0, 0.05) is 17.3 Å². The average molecular weight is 297 g/mol. The molecule has 3 heteroatoms. The molecule has 0 fully saturated rings. The Kier molecular flexibility index (Phi) is 3.44. The highest BCUT2D eigenvalue weighted by Gasteiger charge is 2.34. The summed E-state index contributed by atoms with van der Waals surface area (Å²) in [7, 11) is 0. The summed E-state index contributed by atoms with van der Waals surface area (Å²) in [6.45, 7) is 6.23. The van der Waals surface area contributed by atoms with Gasteiger partial charge in [0.05, 0.1) is 0 Å². The maximum atomic E-state index is 13.3. The lowest BCUT2D eigenvalue weighted by Gasteiger charge is -2.37. The molecule has 22 heavy (non-hydrogen) atoms. The van der Waals surface area contributed by atoms with Gasteiger partial charge in [-0.05, 0) is 61.2 Å². The topological polar surface area (TPSA) is 35.2 Å². The first-order chi connectivity index (χ1) is 10.4. The van der Waals surface area contributed by atoms with Crippen molar-refractivity contribution in [2.45, 2.75) is 32.8 Å². The largest absolute Gasteiger partial charge is 0.483 e. The van der Waals surface area contributed by atoms with Crippen LogP contribution in [0.3, 0.4) is 0 Å². The highest BCUT2D eigenvalue weighted by Crippen LogP contribution is 2.45. The van der Waals surface area contributed by atoms with Crippen molar-refractivity contribution in [2.75, 3.05) is 5.73 Å². The predicted molar refractivity (Wildman–Crippen MR) is 88.3 cm³/mol. The molecule has 0 amide bonds. The molecule has 0 spiro atoms. The van der Waals surface area contributed by atoms with Crippen molar-refractivity contribution in [1.82, 2.24) is 0 Å². The van der Waals surface area contributed by atoms with Crippen molar-refractivity contribution >= 4 is 11.3 Å². The van der Waals surface area contributed by atoms with E-state index in [1.165, 1.54) is 17.7 Å². The quantitative estimate of drug-likeness (QED) is 0.809. The van der Waals surface area contributed by atoms with Crippen LogP contribution in [0.15, 0.2) is 48.0 Å². The van der Waals surface area contributed by atoms with Gasteiger partial charge >= 0.3 is 0 Å². The van der Waals surface area contributed by atoms with Gasteiger partial charge in [0.25, 0.3) is 0 Å². The zero-order valence-electron chi connectivity index (χ0n) is 13.1. The number of rotatable bonds is 2. The lowest BCUT2D eigenvalue weighted by Crippen LogP contribution is -2.34. The Morgan fingerprint density at radius 3 is 2.41 bits per heavy atom. The maximum Gasteiger partial charge on any atom is 0.130 e. The van der Waals surface area contributed by atoms with Crippen LogP contribution in [0.5, 0.6) is 5.75 Å². The van der Waals surface area contributed by atoms with Crippen LogP contribution >= 0.6 is 0 Å². The summed E-state index contributed by atoms with van der Waals surface area (Å²) in [5.74, 6) is 0.549. The molecule has 2 aromatic carbocycles. The van der Waals surface area contributed by atoms with E-state index in [9.17, 15) is 4.39 Å². The molecule has 1 aliphatic heterocycles. The molecule has 0 saturated carbocycles. The number of nitrogen functional groups attached to an aromatic ring is 1. The van der Waals surface area contributed by atoms with E-state index < -0.39 is 5.60 Å². The van der Waals surface area contributed by atoms with Gasteiger partial charge in [-0.2, -0.15) is 0 Å². The normalized spacial score (nSPS) is 16.2. The molecule has 114 valence electrons. The zero-order chi connectivity index (χ0) is 15.9. The van der Waals surface area contributed by atoms with Crippen LogP contribution in [0.1, 0.15) is 38.3 Å². The molecule has 3 rings (SSSR count). The molecule has 1 aliphatic rings. The lowest BCUT2D eigenvalue weighted by atomic mass is 9.81. The number of benzene rings is 2. The van der Waals surface area contributed by atoms with Crippen molar-refractivity contribution in [2.24, 2.45) is 0 Å². The Bertz CT molecular complexity index is 745. The molecule has 1 heterocycles. The first-order valence-electron chi connectivity index (χ1n) is 7.51. The molecule has 0 aliphatic carbocycles. The lowest BCUT2D eigenvalue weighted by molar-refractivity contribution is 0.141. The third-order valence-corrected chi connectivity index (χ3v) is 4.16. The number of ether oxygens (including phenoxy) is 1. The van der Waals surface area contributed by atoms with Crippen LogP contribution in [0.4, 0.5) is 10.1 Å². The molecule has 0 bridgehead atoms. The Hall–Kier alpha value is -2.29. The molecular weight excluding hydrogens is 277 g/mol. The maximum absolute atomic E-state index is 13.3. The molecule has 0 unspecified atom stereocenters. The Labute approximate surface area is 130 Å². The second-order valence-electron chi connectivity index (χ2n) is 6.08. The van der Waals surface area contributed by atoms with Crippen LogP contribution in [-0.2, 0) is 0 Å². The molecule has 0 atom stereocenters. The summed E-state index contributed by atoms with van der Waals surface area (Å²) in [6, 6.07) is 12.3. The Balaban J connectivity index is 2.29. The van der Waals surface area contributed by atoms with E-state index in [0.717, 1.165) is 28.9 Å². The number of nitrogens with two attached hydrogens (primary N) is 1. The average Bonchev–Trinajstić information content (AvgIpc) is 2.45. The van der Waals surface area contributed by atoms with E-state index in [2.05, 4.69) is 20.8 Å². The van der Waals surface area contributed by atoms with E-state index in [4.69, 9.17) is 10.5 Å². The molecule has 2 nitrogen and oxygen atoms in total. The van der Waals surface area contributed by atoms with Gasteiger partial charge in [0.1, 0.15) is 17.2 Å². The van der Waals surface area contributed by atoms with E-state index in [-0.39, 0.29) is 5.82 Å². The summed E-state index contributed by atoms with van der Waals surface area (Å²) in [5.41, 5.74) is 10.5. The molecular formula is C19H20FNO. The first-order valence-corrected chi connectivity index (χ1v) is 7.51. The van der Waals surface area contributed by atoms with Crippen molar-refractivity contribution < 1.29 is 9.13 Å². The highest BCUT2D eigenvalue weighted by molar-refractivity contribution is 5.87. The first kappa shape index (κ1) is 14.6. The second kappa shape index (κ2) is 5.16. The SMILES string of the molecule is CCC1=C(c2ccc(F)cc2)c2ccc(N)cc2OC1(C)C. The van der Waals surface area contributed by atoms with Gasteiger partial charge in [-0.1, -0.05) is 19.1 Å². The van der Waals surface area contributed by atoms with Gasteiger partial charge in [0.2, 0.25) is 0 Å². The van der Waals surface area contributed by atoms with Gasteiger partial charge in [0.15, 0.2) is 0 Å². The fourth-order valence-corrected chi connectivity index (χ4v) is 3.18. The third-order valence-electron chi connectivity index (χ3n) is 4.16. The number of fused-ring (bicyclic) bond motifs is 1. The van der Waals surface area contributed by atoms with E-state index >= 15 is 0 Å². The number of anilines is 1. The fraction of sp³-hybridized carbons (Fsp3) is 0.263. The van der Waals surface area contributed by atoms with Crippen LogP contribution in [0, 0.1) is 5.82 Å². The molecule has 0 aromatic heterocycles. The standard InChI is InChI=1S/C19H20FNO/c1-4-16-18(12-5-7-13(20)8-6-12)15-10-9-14(21)11-17(15)22-19(16,2)3/h5-11H,4,21H2,1-3H3. The fourth-order valence-electron chi connectivity index (χ4n) is 3.18. The van der Waals surface area contributed by atoms with Crippen LogP contribution in [0.25, 0.3) is 5.57 Å². The van der Waals surface area contributed by atoms with Crippen LogP contribution in [-0.4, -0.2) is 5.60 Å². The summed E-state index contributed by atoms with van der Waals surface area (Å²) in [4.78, 5) is 0. The van der Waals surface area contributed by atoms with Crippen molar-refractivity contribution in [3.8, 4) is 5.75 Å². The minimum atomic E-state index is -0.417. The van der Waals surface area contributed by atoms with Gasteiger partial charge in [-0.3, -0.25) is 0 Å². The molecule has 0 saturated heterocycles. The van der Waals surface area contributed by atoms with E-state index in [1.807, 2.05) is 30.3 Å². The summed E-state index contributed by atoms with van der Waals surface area (Å²) in [5, 5.41) is 0.